The lowest BCUT2D eigenvalue weighted by molar-refractivity contribution is -0.136. The first-order chi connectivity index (χ1) is 20.9. The number of rotatable bonds is 14. The molecule has 1 atom stereocenters. The van der Waals surface area contributed by atoms with Crippen LogP contribution in [0.3, 0.4) is 0 Å². The maximum Gasteiger partial charge on any atom is 0.247 e. The Morgan fingerprint density at radius 2 is 1.72 bits per heavy atom. The fourth-order valence-corrected chi connectivity index (χ4v) is 5.87. The molecule has 3 aromatic carbocycles. The van der Waals surface area contributed by atoms with Crippen molar-refractivity contribution >= 4 is 40.7 Å². The zero-order valence-corrected chi connectivity index (χ0v) is 26.1. The Morgan fingerprint density at radius 3 is 2.47 bits per heavy atom. The Kier molecular flexibility index (Phi) is 11.0. The average molecular weight is 625 g/mol. The number of aryl methyl sites for hydroxylation is 2. The summed E-state index contributed by atoms with van der Waals surface area (Å²) in [6, 6.07) is 20.9. The molecule has 3 aromatic rings. The van der Waals surface area contributed by atoms with Crippen molar-refractivity contribution in [2.45, 2.75) is 57.2 Å². The maximum absolute atomic E-state index is 14.1. The smallest absolute Gasteiger partial charge is 0.247 e. The molecule has 1 aliphatic heterocycles. The SMILES string of the molecule is COCCCc1ccc(Cl)c(CN(C(=O)[C@H]2CNCC(=O)N2c2ccc(CCCOc3cccc(Cl)c3)cc2)C2CC2)c1. The third kappa shape index (κ3) is 8.51. The van der Waals surface area contributed by atoms with E-state index in [2.05, 4.69) is 11.4 Å². The highest BCUT2D eigenvalue weighted by molar-refractivity contribution is 6.31. The van der Waals surface area contributed by atoms with Crippen LogP contribution in [0.4, 0.5) is 5.69 Å². The van der Waals surface area contributed by atoms with Crippen molar-refractivity contribution in [2.24, 2.45) is 0 Å². The third-order valence-corrected chi connectivity index (χ3v) is 8.51. The van der Waals surface area contributed by atoms with Gasteiger partial charge < -0.3 is 19.7 Å². The molecule has 43 heavy (non-hydrogen) atoms. The first-order valence-corrected chi connectivity index (χ1v) is 15.8. The summed E-state index contributed by atoms with van der Waals surface area (Å²) < 4.78 is 11.0. The minimum absolute atomic E-state index is 0.0499. The Morgan fingerprint density at radius 1 is 0.977 bits per heavy atom. The van der Waals surface area contributed by atoms with Gasteiger partial charge in [-0.25, -0.2) is 0 Å². The van der Waals surface area contributed by atoms with E-state index in [1.165, 1.54) is 5.56 Å². The predicted molar refractivity (Wildman–Crippen MR) is 171 cm³/mol. The molecule has 228 valence electrons. The molecule has 0 radical (unpaired) electrons. The van der Waals surface area contributed by atoms with Crippen molar-refractivity contribution in [1.82, 2.24) is 10.2 Å². The summed E-state index contributed by atoms with van der Waals surface area (Å²) in [7, 11) is 1.70. The fraction of sp³-hybridized carbons (Fsp3) is 0.412. The molecule has 1 N–H and O–H groups in total. The number of hydrogen-bond acceptors (Lipinski definition) is 5. The topological polar surface area (TPSA) is 71.1 Å². The molecule has 2 fully saturated rings. The Labute approximate surface area is 264 Å². The number of ether oxygens (including phenoxy) is 2. The van der Waals surface area contributed by atoms with E-state index in [9.17, 15) is 9.59 Å². The summed E-state index contributed by atoms with van der Waals surface area (Å²) in [4.78, 5) is 30.9. The van der Waals surface area contributed by atoms with E-state index < -0.39 is 6.04 Å². The average Bonchev–Trinajstić information content (AvgIpc) is 3.85. The number of benzene rings is 3. The second kappa shape index (κ2) is 15.1. The van der Waals surface area contributed by atoms with Crippen molar-refractivity contribution in [3.63, 3.8) is 0 Å². The standard InChI is InChI=1S/C34H39Cl2N3O4/c1-42-17-3-6-25-11-16-31(36)26(19-25)23-38(28-14-15-28)34(41)32-21-37-22-33(40)39(32)29-12-9-24(10-13-29)5-4-18-43-30-8-2-7-27(35)20-30/h2,7-13,16,19-20,28,32,37H,3-6,14-15,17-18,21-23H2,1H3/t32-/m1/s1. The number of nitrogens with one attached hydrogen (secondary N) is 1. The molecule has 1 saturated heterocycles. The molecule has 1 aliphatic carbocycles. The predicted octanol–water partition coefficient (Wildman–Crippen LogP) is 6.08. The van der Waals surface area contributed by atoms with Crippen LogP contribution in [-0.2, 0) is 33.7 Å². The molecule has 0 unspecified atom stereocenters. The van der Waals surface area contributed by atoms with Gasteiger partial charge in [-0.2, -0.15) is 0 Å². The van der Waals surface area contributed by atoms with Crippen LogP contribution in [0.25, 0.3) is 0 Å². The van der Waals surface area contributed by atoms with Gasteiger partial charge in [0, 0.05) is 48.6 Å². The van der Waals surface area contributed by atoms with E-state index >= 15 is 0 Å². The van der Waals surface area contributed by atoms with Crippen molar-refractivity contribution < 1.29 is 19.1 Å². The van der Waals surface area contributed by atoms with Gasteiger partial charge in [-0.3, -0.25) is 14.5 Å². The molecular weight excluding hydrogens is 585 g/mol. The number of anilines is 1. The van der Waals surface area contributed by atoms with Crippen LogP contribution in [0.5, 0.6) is 5.75 Å². The van der Waals surface area contributed by atoms with Gasteiger partial charge in [0.1, 0.15) is 11.8 Å². The lowest BCUT2D eigenvalue weighted by Crippen LogP contribution is -2.61. The summed E-state index contributed by atoms with van der Waals surface area (Å²) in [5.41, 5.74) is 3.98. The second-order valence-electron chi connectivity index (χ2n) is 11.2. The molecule has 0 spiro atoms. The Hall–Kier alpha value is -3.10. The highest BCUT2D eigenvalue weighted by Crippen LogP contribution is 2.32. The van der Waals surface area contributed by atoms with Gasteiger partial charge in [-0.1, -0.05) is 53.5 Å². The molecule has 1 heterocycles. The summed E-state index contributed by atoms with van der Waals surface area (Å²) in [6.45, 7) is 2.30. The highest BCUT2D eigenvalue weighted by atomic mass is 35.5. The molecule has 5 rings (SSSR count). The van der Waals surface area contributed by atoms with Crippen molar-refractivity contribution in [2.75, 3.05) is 38.3 Å². The Bertz CT molecular complexity index is 1400. The first kappa shape index (κ1) is 31.3. The number of amides is 2. The number of hydrogen-bond donors (Lipinski definition) is 1. The Balaban J connectivity index is 1.24. The van der Waals surface area contributed by atoms with Crippen LogP contribution in [0.1, 0.15) is 42.4 Å². The number of methoxy groups -OCH3 is 1. The van der Waals surface area contributed by atoms with Gasteiger partial charge in [0.05, 0.1) is 13.2 Å². The number of carbonyl (C=O) groups excluding carboxylic acids is 2. The molecule has 1 saturated carbocycles. The number of piperazine rings is 1. The number of nitrogens with zero attached hydrogens (tertiary/aromatic N) is 2. The van der Waals surface area contributed by atoms with E-state index in [-0.39, 0.29) is 24.4 Å². The fourth-order valence-electron chi connectivity index (χ4n) is 5.51. The van der Waals surface area contributed by atoms with Crippen molar-refractivity contribution in [3.8, 4) is 5.75 Å². The molecule has 7 nitrogen and oxygen atoms in total. The van der Waals surface area contributed by atoms with Crippen molar-refractivity contribution in [1.29, 1.82) is 0 Å². The maximum atomic E-state index is 14.1. The third-order valence-electron chi connectivity index (χ3n) is 7.90. The lowest BCUT2D eigenvalue weighted by atomic mass is 10.0. The van der Waals surface area contributed by atoms with E-state index in [1.54, 1.807) is 18.1 Å². The quantitative estimate of drug-likeness (QED) is 0.220. The van der Waals surface area contributed by atoms with E-state index in [0.29, 0.717) is 36.3 Å². The van der Waals surface area contributed by atoms with Crippen LogP contribution in [0.15, 0.2) is 66.7 Å². The van der Waals surface area contributed by atoms with E-state index in [0.717, 1.165) is 61.1 Å². The van der Waals surface area contributed by atoms with Crippen LogP contribution in [-0.4, -0.2) is 62.2 Å². The highest BCUT2D eigenvalue weighted by Gasteiger charge is 2.41. The van der Waals surface area contributed by atoms with Gasteiger partial charge >= 0.3 is 0 Å². The van der Waals surface area contributed by atoms with E-state index in [1.807, 2.05) is 59.5 Å². The van der Waals surface area contributed by atoms with Crippen LogP contribution < -0.4 is 15.0 Å². The molecular formula is C34H39Cl2N3O4. The largest absolute Gasteiger partial charge is 0.494 e. The minimum atomic E-state index is -0.623. The van der Waals surface area contributed by atoms with Crippen LogP contribution in [0, 0.1) is 0 Å². The summed E-state index contributed by atoms with van der Waals surface area (Å²) in [5.74, 6) is 0.598. The number of carbonyl (C=O) groups is 2. The van der Waals surface area contributed by atoms with Gasteiger partial charge in [0.25, 0.3) is 0 Å². The first-order valence-electron chi connectivity index (χ1n) is 15.0. The van der Waals surface area contributed by atoms with Gasteiger partial charge in [0.2, 0.25) is 11.8 Å². The van der Waals surface area contributed by atoms with Gasteiger partial charge in [-0.15, -0.1) is 0 Å². The van der Waals surface area contributed by atoms with Crippen LogP contribution in [0.2, 0.25) is 10.0 Å². The summed E-state index contributed by atoms with van der Waals surface area (Å²) in [5, 5.41) is 4.46. The molecule has 0 aromatic heterocycles. The van der Waals surface area contributed by atoms with Crippen LogP contribution >= 0.6 is 23.2 Å². The minimum Gasteiger partial charge on any atom is -0.494 e. The number of halogens is 2. The van der Waals surface area contributed by atoms with Gasteiger partial charge in [0.15, 0.2) is 0 Å². The molecule has 2 amide bonds. The summed E-state index contributed by atoms with van der Waals surface area (Å²) >= 11 is 12.6. The second-order valence-corrected chi connectivity index (χ2v) is 12.0. The normalized spacial score (nSPS) is 16.8. The van der Waals surface area contributed by atoms with Gasteiger partial charge in [-0.05, 0) is 91.6 Å². The molecule has 2 aliphatic rings. The lowest BCUT2D eigenvalue weighted by Gasteiger charge is -2.38. The summed E-state index contributed by atoms with van der Waals surface area (Å²) in [6.07, 6.45) is 5.39. The zero-order chi connectivity index (χ0) is 30.2. The molecule has 9 heteroatoms. The monoisotopic (exact) mass is 623 g/mol. The van der Waals surface area contributed by atoms with Crippen molar-refractivity contribution in [3.05, 3.63) is 93.5 Å². The zero-order valence-electron chi connectivity index (χ0n) is 24.6. The molecule has 0 bridgehead atoms. The van der Waals surface area contributed by atoms with E-state index in [4.69, 9.17) is 32.7 Å².